The summed E-state index contributed by atoms with van der Waals surface area (Å²) in [5.41, 5.74) is 0.222. The highest BCUT2D eigenvalue weighted by Gasteiger charge is 2.24. The lowest BCUT2D eigenvalue weighted by Gasteiger charge is -2.14. The van der Waals surface area contributed by atoms with Gasteiger partial charge in [0.1, 0.15) is 17.4 Å². The normalized spacial score (nSPS) is 10.4. The largest absolute Gasteiger partial charge is 0.462 e. The maximum Gasteiger partial charge on any atom is 0.340 e. The number of ether oxygens (including phenoxy) is 1. The summed E-state index contributed by atoms with van der Waals surface area (Å²) in [4.78, 5) is 25.2. The van der Waals surface area contributed by atoms with Gasteiger partial charge in [-0.05, 0) is 36.8 Å². The van der Waals surface area contributed by atoms with Crippen molar-refractivity contribution in [2.24, 2.45) is 0 Å². The maximum atomic E-state index is 13.3. The van der Waals surface area contributed by atoms with Gasteiger partial charge in [0.05, 0.1) is 17.7 Å². The third kappa shape index (κ3) is 2.76. The van der Waals surface area contributed by atoms with E-state index in [-0.39, 0.29) is 23.3 Å². The number of carbonyl (C=O) groups excluding carboxylic acids is 1. The molecule has 0 aliphatic heterocycles. The molecule has 0 radical (unpaired) electrons. The number of carbonyl (C=O) groups is 1. The zero-order valence-electron chi connectivity index (χ0n) is 13.3. The van der Waals surface area contributed by atoms with Crippen molar-refractivity contribution < 1.29 is 13.9 Å². The number of hydrogen-bond acceptors (Lipinski definition) is 4. The van der Waals surface area contributed by atoms with Gasteiger partial charge in [0.15, 0.2) is 0 Å². The fourth-order valence-electron chi connectivity index (χ4n) is 2.72. The van der Waals surface area contributed by atoms with E-state index in [1.54, 1.807) is 25.1 Å². The molecule has 0 unspecified atom stereocenters. The van der Waals surface area contributed by atoms with Crippen LogP contribution in [0, 0.1) is 17.1 Å². The van der Waals surface area contributed by atoms with Crippen molar-refractivity contribution in [2.45, 2.75) is 6.92 Å². The van der Waals surface area contributed by atoms with Gasteiger partial charge in [-0.2, -0.15) is 5.26 Å². The molecule has 0 aliphatic carbocycles. The molecule has 2 aromatic heterocycles. The lowest BCUT2D eigenvalue weighted by molar-refractivity contribution is 0.0529. The molecule has 0 spiro atoms. The van der Waals surface area contributed by atoms with Crippen LogP contribution in [0.15, 0.2) is 53.5 Å². The van der Waals surface area contributed by atoms with Crippen LogP contribution in [0.4, 0.5) is 4.39 Å². The third-order valence-electron chi connectivity index (χ3n) is 3.77. The number of pyridine rings is 2. The fourth-order valence-corrected chi connectivity index (χ4v) is 2.72. The van der Waals surface area contributed by atoms with Crippen LogP contribution in [0.1, 0.15) is 22.8 Å². The molecule has 6 heteroatoms. The molecule has 2 heterocycles. The third-order valence-corrected chi connectivity index (χ3v) is 3.77. The topological polar surface area (TPSA) is 71.6 Å². The first-order chi connectivity index (χ1) is 12.1. The van der Waals surface area contributed by atoms with Crippen molar-refractivity contribution in [1.29, 1.82) is 5.26 Å². The molecule has 0 saturated heterocycles. The van der Waals surface area contributed by atoms with E-state index in [9.17, 15) is 19.2 Å². The zero-order chi connectivity index (χ0) is 18.0. The quantitative estimate of drug-likeness (QED) is 0.689. The molecule has 0 amide bonds. The van der Waals surface area contributed by atoms with E-state index in [0.29, 0.717) is 11.1 Å². The van der Waals surface area contributed by atoms with Crippen LogP contribution in [0.25, 0.3) is 16.6 Å². The molecule has 0 saturated carbocycles. The predicted octanol–water partition coefficient (Wildman–Crippen LogP) is 3.15. The lowest BCUT2D eigenvalue weighted by Crippen LogP contribution is -2.22. The molecule has 1 aromatic carbocycles. The Kier molecular flexibility index (Phi) is 4.31. The molecule has 0 N–H and O–H groups in total. The molecular formula is C19H13FN2O3. The monoisotopic (exact) mass is 336 g/mol. The minimum atomic E-state index is -0.651. The van der Waals surface area contributed by atoms with Crippen molar-refractivity contribution in [1.82, 2.24) is 4.40 Å². The number of halogens is 1. The Labute approximate surface area is 142 Å². The van der Waals surface area contributed by atoms with E-state index < -0.39 is 17.3 Å². The minimum Gasteiger partial charge on any atom is -0.462 e. The van der Waals surface area contributed by atoms with E-state index in [4.69, 9.17) is 4.74 Å². The highest BCUT2D eigenvalue weighted by Crippen LogP contribution is 2.29. The number of rotatable bonds is 3. The van der Waals surface area contributed by atoms with Crippen LogP contribution < -0.4 is 5.56 Å². The number of nitrogens with zero attached hydrogens (tertiary/aromatic N) is 2. The number of hydrogen-bond donors (Lipinski definition) is 0. The number of nitriles is 1. The van der Waals surface area contributed by atoms with Gasteiger partial charge in [0, 0.05) is 11.8 Å². The Morgan fingerprint density at radius 2 is 1.96 bits per heavy atom. The minimum absolute atomic E-state index is 0.102. The lowest BCUT2D eigenvalue weighted by atomic mass is 9.95. The predicted molar refractivity (Wildman–Crippen MR) is 89.7 cm³/mol. The Morgan fingerprint density at radius 3 is 2.60 bits per heavy atom. The summed E-state index contributed by atoms with van der Waals surface area (Å²) in [6, 6.07) is 12.0. The molecular weight excluding hydrogens is 323 g/mol. The van der Waals surface area contributed by atoms with E-state index in [0.717, 1.165) is 0 Å². The van der Waals surface area contributed by atoms with Gasteiger partial charge in [-0.3, -0.25) is 9.20 Å². The van der Waals surface area contributed by atoms with Gasteiger partial charge in [0.2, 0.25) is 0 Å². The SMILES string of the molecule is CCOC(=O)c1c(-c2ccc(F)cc2)c(C#N)c(=O)n2ccccc12. The zero-order valence-corrected chi connectivity index (χ0v) is 13.3. The second-order valence-corrected chi connectivity index (χ2v) is 5.23. The van der Waals surface area contributed by atoms with Crippen LogP contribution in [0.2, 0.25) is 0 Å². The fraction of sp³-hybridized carbons (Fsp3) is 0.105. The smallest absolute Gasteiger partial charge is 0.340 e. The van der Waals surface area contributed by atoms with Crippen molar-refractivity contribution in [3.63, 3.8) is 0 Å². The molecule has 0 fully saturated rings. The number of esters is 1. The van der Waals surface area contributed by atoms with Crippen molar-refractivity contribution in [2.75, 3.05) is 6.61 Å². The Morgan fingerprint density at radius 1 is 1.24 bits per heavy atom. The average molecular weight is 336 g/mol. The van der Waals surface area contributed by atoms with Crippen LogP contribution in [0.3, 0.4) is 0 Å². The van der Waals surface area contributed by atoms with Gasteiger partial charge in [-0.25, -0.2) is 9.18 Å². The van der Waals surface area contributed by atoms with Gasteiger partial charge in [0.25, 0.3) is 5.56 Å². The second kappa shape index (κ2) is 6.57. The van der Waals surface area contributed by atoms with Crippen molar-refractivity contribution in [3.05, 3.63) is 76.0 Å². The molecule has 3 aromatic rings. The Hall–Kier alpha value is -3.46. The Bertz CT molecular complexity index is 1060. The van der Waals surface area contributed by atoms with Gasteiger partial charge in [-0.15, -0.1) is 0 Å². The summed E-state index contributed by atoms with van der Waals surface area (Å²) in [6.45, 7) is 1.81. The van der Waals surface area contributed by atoms with Crippen molar-refractivity contribution in [3.8, 4) is 17.2 Å². The average Bonchev–Trinajstić information content (AvgIpc) is 2.62. The van der Waals surface area contributed by atoms with E-state index >= 15 is 0 Å². The summed E-state index contributed by atoms with van der Waals surface area (Å²) in [6.07, 6.45) is 1.48. The maximum absolute atomic E-state index is 13.3. The second-order valence-electron chi connectivity index (χ2n) is 5.23. The number of benzene rings is 1. The molecule has 124 valence electrons. The summed E-state index contributed by atoms with van der Waals surface area (Å²) in [7, 11) is 0. The van der Waals surface area contributed by atoms with E-state index in [1.807, 2.05) is 6.07 Å². The van der Waals surface area contributed by atoms with Crippen LogP contribution >= 0.6 is 0 Å². The summed E-state index contributed by atoms with van der Waals surface area (Å²) in [5.74, 6) is -1.11. The first-order valence-corrected chi connectivity index (χ1v) is 7.59. The molecule has 0 aliphatic rings. The van der Waals surface area contributed by atoms with Gasteiger partial charge >= 0.3 is 5.97 Å². The molecule has 3 rings (SSSR count). The van der Waals surface area contributed by atoms with E-state index in [1.165, 1.54) is 34.9 Å². The number of aromatic nitrogens is 1. The van der Waals surface area contributed by atoms with Gasteiger partial charge < -0.3 is 4.74 Å². The van der Waals surface area contributed by atoms with Crippen LogP contribution in [-0.2, 0) is 4.74 Å². The van der Waals surface area contributed by atoms with Crippen LogP contribution in [-0.4, -0.2) is 17.0 Å². The molecule has 0 atom stereocenters. The molecule has 5 nitrogen and oxygen atoms in total. The Balaban J connectivity index is 2.50. The van der Waals surface area contributed by atoms with Crippen molar-refractivity contribution >= 4 is 11.5 Å². The highest BCUT2D eigenvalue weighted by atomic mass is 19.1. The molecule has 0 bridgehead atoms. The first kappa shape index (κ1) is 16.4. The van der Waals surface area contributed by atoms with E-state index in [2.05, 4.69) is 0 Å². The number of fused-ring (bicyclic) bond motifs is 1. The van der Waals surface area contributed by atoms with Crippen LogP contribution in [0.5, 0.6) is 0 Å². The summed E-state index contributed by atoms with van der Waals surface area (Å²) < 4.78 is 19.6. The first-order valence-electron chi connectivity index (χ1n) is 7.59. The summed E-state index contributed by atoms with van der Waals surface area (Å²) >= 11 is 0. The standard InChI is InChI=1S/C19H13FN2O3/c1-2-25-19(24)17-15-5-3-4-10-22(15)18(23)14(11-21)16(17)12-6-8-13(20)9-7-12/h3-10H,2H2,1H3. The van der Waals surface area contributed by atoms with Gasteiger partial charge in [-0.1, -0.05) is 18.2 Å². The highest BCUT2D eigenvalue weighted by molar-refractivity contribution is 6.05. The summed E-state index contributed by atoms with van der Waals surface area (Å²) in [5, 5.41) is 9.52. The molecule has 25 heavy (non-hydrogen) atoms.